The Labute approximate surface area is 168 Å². The van der Waals surface area contributed by atoms with Crippen molar-refractivity contribution in [1.82, 2.24) is 9.21 Å². The van der Waals surface area contributed by atoms with Crippen molar-refractivity contribution in [2.45, 2.75) is 50.2 Å². The van der Waals surface area contributed by atoms with Gasteiger partial charge in [0.05, 0.1) is 6.61 Å². The average molecular weight is 409 g/mol. The summed E-state index contributed by atoms with van der Waals surface area (Å²) in [4.78, 5) is 2.24. The van der Waals surface area contributed by atoms with Crippen LogP contribution in [-0.2, 0) is 10.0 Å². The Kier molecular flexibility index (Phi) is 6.49. The predicted octanol–water partition coefficient (Wildman–Crippen LogP) is 2.58. The van der Waals surface area contributed by atoms with Crippen LogP contribution in [0.5, 0.6) is 5.75 Å². The molecule has 1 heterocycles. The summed E-state index contributed by atoms with van der Waals surface area (Å²) in [7, 11) is 0.209. The molecule has 0 spiro atoms. The third-order valence-corrected chi connectivity index (χ3v) is 7.64. The summed E-state index contributed by atoms with van der Waals surface area (Å²) in [6.07, 6.45) is 5.28. The van der Waals surface area contributed by atoms with Gasteiger partial charge in [0.15, 0.2) is 0 Å². The molecule has 0 amide bonds. The number of ether oxygens (including phenoxy) is 1. The molecule has 2 aliphatic rings. The zero-order chi connectivity index (χ0) is 20.5. The SMILES string of the molecule is C[C@H]1CN([C@@H](C)CO)S(=O)(=O)c2ccc(C3=CCCC3)cc2O[C@H]1CN(C)C. The van der Waals surface area contributed by atoms with Gasteiger partial charge in [-0.05, 0) is 63.6 Å². The molecule has 0 fully saturated rings. The number of aliphatic hydroxyl groups excluding tert-OH is 1. The van der Waals surface area contributed by atoms with E-state index in [4.69, 9.17) is 4.74 Å². The molecule has 3 atom stereocenters. The second-order valence-corrected chi connectivity index (χ2v) is 10.1. The maximum absolute atomic E-state index is 13.4. The summed E-state index contributed by atoms with van der Waals surface area (Å²) in [5.74, 6) is 0.396. The second kappa shape index (κ2) is 8.53. The zero-order valence-electron chi connectivity index (χ0n) is 17.3. The van der Waals surface area contributed by atoms with Crippen LogP contribution in [0.2, 0.25) is 0 Å². The Hall–Kier alpha value is -1.41. The maximum Gasteiger partial charge on any atom is 0.247 e. The first kappa shape index (κ1) is 21.3. The van der Waals surface area contributed by atoms with Gasteiger partial charge in [-0.15, -0.1) is 0 Å². The largest absolute Gasteiger partial charge is 0.487 e. The maximum atomic E-state index is 13.4. The van der Waals surface area contributed by atoms with Gasteiger partial charge in [-0.25, -0.2) is 8.42 Å². The number of likely N-dealkylation sites (N-methyl/N-ethyl adjacent to an activating group) is 1. The van der Waals surface area contributed by atoms with Crippen LogP contribution in [0, 0.1) is 5.92 Å². The molecular formula is C21H32N2O4S. The second-order valence-electron chi connectivity index (χ2n) is 8.29. The summed E-state index contributed by atoms with van der Waals surface area (Å²) in [6.45, 7) is 4.54. The van der Waals surface area contributed by atoms with Crippen LogP contribution in [0.1, 0.15) is 38.7 Å². The van der Waals surface area contributed by atoms with Gasteiger partial charge in [-0.2, -0.15) is 4.31 Å². The molecule has 1 aromatic rings. The highest BCUT2D eigenvalue weighted by Crippen LogP contribution is 2.37. The van der Waals surface area contributed by atoms with Crippen molar-refractivity contribution in [3.63, 3.8) is 0 Å². The van der Waals surface area contributed by atoms with E-state index in [1.165, 1.54) is 9.88 Å². The average Bonchev–Trinajstić information content (AvgIpc) is 3.18. The predicted molar refractivity (Wildman–Crippen MR) is 111 cm³/mol. The van der Waals surface area contributed by atoms with E-state index in [9.17, 15) is 13.5 Å². The normalized spacial score (nSPS) is 26.1. The van der Waals surface area contributed by atoms with E-state index < -0.39 is 16.1 Å². The van der Waals surface area contributed by atoms with Gasteiger partial charge in [0.2, 0.25) is 10.0 Å². The molecule has 0 aromatic heterocycles. The van der Waals surface area contributed by atoms with Crippen LogP contribution in [-0.4, -0.2) is 68.7 Å². The lowest BCUT2D eigenvalue weighted by Gasteiger charge is -2.37. The van der Waals surface area contributed by atoms with Crippen LogP contribution in [0.3, 0.4) is 0 Å². The van der Waals surface area contributed by atoms with Crippen molar-refractivity contribution >= 4 is 15.6 Å². The smallest absolute Gasteiger partial charge is 0.247 e. The molecule has 28 heavy (non-hydrogen) atoms. The Morgan fingerprint density at radius 3 is 2.71 bits per heavy atom. The van der Waals surface area contributed by atoms with E-state index in [0.717, 1.165) is 24.8 Å². The number of fused-ring (bicyclic) bond motifs is 1. The van der Waals surface area contributed by atoms with E-state index in [-0.39, 0.29) is 23.5 Å². The molecule has 0 saturated heterocycles. The van der Waals surface area contributed by atoms with Crippen molar-refractivity contribution in [3.8, 4) is 5.75 Å². The Balaban J connectivity index is 2.11. The van der Waals surface area contributed by atoms with Gasteiger partial charge in [0.25, 0.3) is 0 Å². The minimum atomic E-state index is -3.76. The topological polar surface area (TPSA) is 70.1 Å². The van der Waals surface area contributed by atoms with Crippen LogP contribution < -0.4 is 4.74 Å². The molecule has 0 saturated carbocycles. The molecule has 1 aliphatic heterocycles. The highest BCUT2D eigenvalue weighted by molar-refractivity contribution is 7.89. The summed E-state index contributed by atoms with van der Waals surface area (Å²) in [5.41, 5.74) is 2.29. The number of hydrogen-bond donors (Lipinski definition) is 1. The number of aliphatic hydroxyl groups is 1. The van der Waals surface area contributed by atoms with Crippen LogP contribution in [0.4, 0.5) is 0 Å². The number of benzene rings is 1. The van der Waals surface area contributed by atoms with Crippen molar-refractivity contribution in [2.24, 2.45) is 5.92 Å². The monoisotopic (exact) mass is 408 g/mol. The molecule has 1 aromatic carbocycles. The first-order chi connectivity index (χ1) is 13.2. The Bertz CT molecular complexity index is 835. The number of allylic oxidation sites excluding steroid dienone is 2. The van der Waals surface area contributed by atoms with E-state index in [1.54, 1.807) is 13.0 Å². The van der Waals surface area contributed by atoms with Gasteiger partial charge < -0.3 is 14.7 Å². The van der Waals surface area contributed by atoms with E-state index in [2.05, 4.69) is 11.0 Å². The van der Waals surface area contributed by atoms with E-state index in [1.807, 2.05) is 33.2 Å². The minimum Gasteiger partial charge on any atom is -0.487 e. The third kappa shape index (κ3) is 4.27. The fourth-order valence-corrected chi connectivity index (χ4v) is 5.76. The van der Waals surface area contributed by atoms with Crippen molar-refractivity contribution in [2.75, 3.05) is 33.8 Å². The third-order valence-electron chi connectivity index (χ3n) is 5.62. The molecule has 0 unspecified atom stereocenters. The standard InChI is InChI=1S/C21H32N2O4S/c1-15-12-23(16(2)14-24)28(25,26)21-10-9-18(17-7-5-6-8-17)11-19(21)27-20(15)13-22(3)4/h7,9-11,15-16,20,24H,5-6,8,12-14H2,1-4H3/t15-,16-,20-/m0/s1. The van der Waals surface area contributed by atoms with Gasteiger partial charge in [-0.3, -0.25) is 0 Å². The molecular weight excluding hydrogens is 376 g/mol. The van der Waals surface area contributed by atoms with Crippen LogP contribution >= 0.6 is 0 Å². The Morgan fingerprint density at radius 2 is 2.11 bits per heavy atom. The summed E-state index contributed by atoms with van der Waals surface area (Å²) in [6, 6.07) is 4.94. The van der Waals surface area contributed by atoms with Crippen LogP contribution in [0.25, 0.3) is 5.57 Å². The zero-order valence-corrected chi connectivity index (χ0v) is 18.1. The fraction of sp³-hybridized carbons (Fsp3) is 0.619. The highest BCUT2D eigenvalue weighted by Gasteiger charge is 2.38. The first-order valence-corrected chi connectivity index (χ1v) is 11.5. The van der Waals surface area contributed by atoms with E-state index >= 15 is 0 Å². The Morgan fingerprint density at radius 1 is 1.36 bits per heavy atom. The molecule has 1 aliphatic carbocycles. The summed E-state index contributed by atoms with van der Waals surface area (Å²) in [5, 5.41) is 9.66. The molecule has 7 heteroatoms. The molecule has 0 bridgehead atoms. The van der Waals surface area contributed by atoms with Crippen molar-refractivity contribution in [1.29, 1.82) is 0 Å². The molecule has 6 nitrogen and oxygen atoms in total. The van der Waals surface area contributed by atoms with Crippen LogP contribution in [0.15, 0.2) is 29.2 Å². The van der Waals surface area contributed by atoms with Gasteiger partial charge >= 0.3 is 0 Å². The van der Waals surface area contributed by atoms with Crippen molar-refractivity contribution in [3.05, 3.63) is 29.8 Å². The van der Waals surface area contributed by atoms with Gasteiger partial charge in [0, 0.05) is 25.0 Å². The van der Waals surface area contributed by atoms with Gasteiger partial charge in [0.1, 0.15) is 16.7 Å². The molecule has 156 valence electrons. The summed E-state index contributed by atoms with van der Waals surface area (Å²) < 4.78 is 34.5. The minimum absolute atomic E-state index is 0.0197. The fourth-order valence-electron chi connectivity index (χ4n) is 3.94. The quantitative estimate of drug-likeness (QED) is 0.811. The number of hydrogen-bond acceptors (Lipinski definition) is 5. The lowest BCUT2D eigenvalue weighted by molar-refractivity contribution is 0.0812. The summed E-state index contributed by atoms with van der Waals surface area (Å²) >= 11 is 0. The lowest BCUT2D eigenvalue weighted by Crippen LogP contribution is -2.49. The van der Waals surface area contributed by atoms with E-state index in [0.29, 0.717) is 18.8 Å². The van der Waals surface area contributed by atoms with Crippen molar-refractivity contribution < 1.29 is 18.3 Å². The van der Waals surface area contributed by atoms with Gasteiger partial charge in [-0.1, -0.05) is 19.1 Å². The number of rotatable bonds is 5. The molecule has 3 rings (SSSR count). The molecule has 0 radical (unpaired) electrons. The number of nitrogens with zero attached hydrogens (tertiary/aromatic N) is 2. The first-order valence-electron chi connectivity index (χ1n) is 10.0. The number of sulfonamides is 1. The lowest BCUT2D eigenvalue weighted by atomic mass is 10.0. The molecule has 1 N–H and O–H groups in total. The highest BCUT2D eigenvalue weighted by atomic mass is 32.2.